The first-order chi connectivity index (χ1) is 16.7. The Bertz CT molecular complexity index is 1310. The normalized spacial score (nSPS) is 18.6. The molecule has 2 aromatic rings. The highest BCUT2D eigenvalue weighted by molar-refractivity contribution is 7.97. The van der Waals surface area contributed by atoms with Gasteiger partial charge in [-0.05, 0) is 55.2 Å². The molecule has 35 heavy (non-hydrogen) atoms. The molecule has 1 saturated heterocycles. The van der Waals surface area contributed by atoms with E-state index in [0.29, 0.717) is 17.2 Å². The SMILES string of the molecule is CN(Cc1ccc(Cl)cc1)C(=O)C1=C(O)c2cc(C#CCOC3CCCCO3)ccc2NS1(=O)=O. The summed E-state index contributed by atoms with van der Waals surface area (Å²) in [5.74, 6) is 4.37. The molecule has 4 rings (SSSR count). The number of nitrogens with zero attached hydrogens (tertiary/aromatic N) is 1. The second-order valence-corrected chi connectivity index (χ2v) is 10.3. The molecule has 1 fully saturated rings. The summed E-state index contributed by atoms with van der Waals surface area (Å²) in [6.07, 6.45) is 2.67. The highest BCUT2D eigenvalue weighted by Crippen LogP contribution is 2.35. The number of ether oxygens (including phenoxy) is 2. The molecule has 1 unspecified atom stereocenters. The van der Waals surface area contributed by atoms with Gasteiger partial charge in [0.1, 0.15) is 6.61 Å². The number of rotatable bonds is 5. The Kier molecular flexibility index (Phi) is 7.67. The summed E-state index contributed by atoms with van der Waals surface area (Å²) in [6, 6.07) is 11.5. The number of fused-ring (bicyclic) bond motifs is 1. The largest absolute Gasteiger partial charge is 0.506 e. The van der Waals surface area contributed by atoms with Gasteiger partial charge in [0.2, 0.25) is 0 Å². The minimum absolute atomic E-state index is 0.130. The number of sulfonamides is 1. The summed E-state index contributed by atoms with van der Waals surface area (Å²) >= 11 is 5.89. The van der Waals surface area contributed by atoms with Gasteiger partial charge < -0.3 is 19.5 Å². The molecule has 0 saturated carbocycles. The molecular formula is C25H25ClN2O6S. The highest BCUT2D eigenvalue weighted by Gasteiger charge is 2.37. The van der Waals surface area contributed by atoms with Gasteiger partial charge in [0.05, 0.1) is 5.69 Å². The lowest BCUT2D eigenvalue weighted by Crippen LogP contribution is -2.35. The number of hydrogen-bond donors (Lipinski definition) is 2. The van der Waals surface area contributed by atoms with Crippen molar-refractivity contribution in [3.63, 3.8) is 0 Å². The van der Waals surface area contributed by atoms with Crippen molar-refractivity contribution in [2.75, 3.05) is 25.0 Å². The van der Waals surface area contributed by atoms with Crippen molar-refractivity contribution in [2.24, 2.45) is 0 Å². The number of hydrogen-bond acceptors (Lipinski definition) is 6. The van der Waals surface area contributed by atoms with Crippen molar-refractivity contribution in [3.05, 3.63) is 69.1 Å². The highest BCUT2D eigenvalue weighted by atomic mass is 35.5. The van der Waals surface area contributed by atoms with Crippen LogP contribution >= 0.6 is 11.6 Å². The van der Waals surface area contributed by atoms with Gasteiger partial charge in [0.15, 0.2) is 17.0 Å². The molecule has 1 amide bonds. The Hall–Kier alpha value is -3.03. The first-order valence-electron chi connectivity index (χ1n) is 11.1. The third kappa shape index (κ3) is 5.97. The molecule has 0 radical (unpaired) electrons. The van der Waals surface area contributed by atoms with E-state index in [1.807, 2.05) is 0 Å². The predicted octanol–water partition coefficient (Wildman–Crippen LogP) is 3.88. The van der Waals surface area contributed by atoms with E-state index in [2.05, 4.69) is 16.6 Å². The molecule has 2 heterocycles. The van der Waals surface area contributed by atoms with Crippen LogP contribution < -0.4 is 4.72 Å². The molecule has 2 aliphatic heterocycles. The van der Waals surface area contributed by atoms with Gasteiger partial charge in [-0.25, -0.2) is 8.42 Å². The number of aliphatic hydroxyl groups excluding tert-OH is 1. The van der Waals surface area contributed by atoms with E-state index in [-0.39, 0.29) is 30.7 Å². The monoisotopic (exact) mass is 516 g/mol. The van der Waals surface area contributed by atoms with E-state index in [9.17, 15) is 18.3 Å². The number of carbonyl (C=O) groups excluding carboxylic acids is 1. The van der Waals surface area contributed by atoms with Crippen LogP contribution in [-0.4, -0.2) is 50.9 Å². The average Bonchev–Trinajstić information content (AvgIpc) is 2.83. The number of halogens is 1. The molecule has 2 N–H and O–H groups in total. The van der Waals surface area contributed by atoms with Gasteiger partial charge in [-0.2, -0.15) is 0 Å². The zero-order valence-electron chi connectivity index (χ0n) is 19.1. The van der Waals surface area contributed by atoms with Crippen molar-refractivity contribution in [2.45, 2.75) is 32.1 Å². The lowest BCUT2D eigenvalue weighted by Gasteiger charge is -2.24. The fourth-order valence-electron chi connectivity index (χ4n) is 3.79. The molecule has 0 aliphatic carbocycles. The minimum Gasteiger partial charge on any atom is -0.506 e. The van der Waals surface area contributed by atoms with Gasteiger partial charge in [-0.1, -0.05) is 35.6 Å². The average molecular weight is 517 g/mol. The van der Waals surface area contributed by atoms with Crippen LogP contribution in [0.5, 0.6) is 0 Å². The van der Waals surface area contributed by atoms with Crippen LogP contribution in [0.3, 0.4) is 0 Å². The van der Waals surface area contributed by atoms with E-state index in [4.69, 9.17) is 21.1 Å². The maximum absolute atomic E-state index is 13.1. The topological polar surface area (TPSA) is 105 Å². The maximum Gasteiger partial charge on any atom is 0.271 e. The molecule has 184 valence electrons. The Morgan fingerprint density at radius 3 is 2.74 bits per heavy atom. The third-order valence-electron chi connectivity index (χ3n) is 5.59. The second kappa shape index (κ2) is 10.7. The van der Waals surface area contributed by atoms with E-state index in [1.54, 1.807) is 30.3 Å². The number of nitrogens with one attached hydrogen (secondary N) is 1. The van der Waals surface area contributed by atoms with Crippen LogP contribution in [0.1, 0.15) is 36.0 Å². The molecule has 8 nitrogen and oxygen atoms in total. The third-order valence-corrected chi connectivity index (χ3v) is 7.23. The van der Waals surface area contributed by atoms with Crippen molar-refractivity contribution >= 4 is 39.0 Å². The van der Waals surface area contributed by atoms with Gasteiger partial charge in [-0.3, -0.25) is 9.52 Å². The number of anilines is 1. The van der Waals surface area contributed by atoms with Crippen molar-refractivity contribution in [3.8, 4) is 11.8 Å². The molecule has 2 aliphatic rings. The first-order valence-corrected chi connectivity index (χ1v) is 12.9. The Balaban J connectivity index is 1.54. The Morgan fingerprint density at radius 2 is 2.03 bits per heavy atom. The molecule has 10 heteroatoms. The lowest BCUT2D eigenvalue weighted by molar-refractivity contribution is -0.154. The first kappa shape index (κ1) is 25.1. The fraction of sp³-hybridized carbons (Fsp3) is 0.320. The summed E-state index contributed by atoms with van der Waals surface area (Å²) in [5, 5.41) is 11.4. The van der Waals surface area contributed by atoms with Crippen molar-refractivity contribution < 1.29 is 27.8 Å². The van der Waals surface area contributed by atoms with Gasteiger partial charge in [-0.15, -0.1) is 0 Å². The summed E-state index contributed by atoms with van der Waals surface area (Å²) < 4.78 is 39.0. The van der Waals surface area contributed by atoms with Crippen LogP contribution in [-0.2, 0) is 30.8 Å². The van der Waals surface area contributed by atoms with E-state index >= 15 is 0 Å². The van der Waals surface area contributed by atoms with Crippen LogP contribution in [0.25, 0.3) is 5.76 Å². The van der Waals surface area contributed by atoms with Gasteiger partial charge >= 0.3 is 0 Å². The van der Waals surface area contributed by atoms with E-state index in [0.717, 1.165) is 24.8 Å². The maximum atomic E-state index is 13.1. The zero-order chi connectivity index (χ0) is 25.0. The Morgan fingerprint density at radius 1 is 1.26 bits per heavy atom. The quantitative estimate of drug-likeness (QED) is 0.584. The molecule has 0 aromatic heterocycles. The predicted molar refractivity (Wildman–Crippen MR) is 133 cm³/mol. The van der Waals surface area contributed by atoms with Gasteiger partial charge in [0, 0.05) is 36.3 Å². The molecule has 2 aromatic carbocycles. The summed E-state index contributed by atoms with van der Waals surface area (Å²) in [6.45, 7) is 0.987. The number of aliphatic hydroxyl groups is 1. The smallest absolute Gasteiger partial charge is 0.271 e. The lowest BCUT2D eigenvalue weighted by atomic mass is 10.1. The fourth-order valence-corrected chi connectivity index (χ4v) is 5.24. The number of likely N-dealkylation sites (N-methyl/N-ethyl adjacent to an activating group) is 1. The standard InChI is InChI=1S/C25H25ClN2O6S/c1-28(16-18-7-10-19(26)11-8-18)25(30)24-23(29)20-15-17(9-12-21(20)27-35(24,31)32)5-4-14-34-22-6-2-3-13-33-22/h7-12,15,22,27,29H,2-3,6,13-14,16H2,1H3. The van der Waals surface area contributed by atoms with E-state index < -0.39 is 26.6 Å². The number of amides is 1. The van der Waals surface area contributed by atoms with Gasteiger partial charge in [0.25, 0.3) is 15.9 Å². The number of benzene rings is 2. The Labute approximate surface area is 209 Å². The van der Waals surface area contributed by atoms with Crippen molar-refractivity contribution in [1.82, 2.24) is 4.90 Å². The van der Waals surface area contributed by atoms with Crippen molar-refractivity contribution in [1.29, 1.82) is 0 Å². The second-order valence-electron chi connectivity index (χ2n) is 8.24. The summed E-state index contributed by atoms with van der Waals surface area (Å²) in [4.78, 5) is 13.6. The van der Waals surface area contributed by atoms with Crippen LogP contribution in [0, 0.1) is 11.8 Å². The molecule has 0 spiro atoms. The summed E-state index contributed by atoms with van der Waals surface area (Å²) in [7, 11) is -2.82. The van der Waals surface area contributed by atoms with Crippen LogP contribution in [0.4, 0.5) is 5.69 Å². The molecular weight excluding hydrogens is 492 g/mol. The minimum atomic E-state index is -4.28. The van der Waals surface area contributed by atoms with Crippen LogP contribution in [0.15, 0.2) is 47.4 Å². The molecule has 1 atom stereocenters. The number of carbonyl (C=O) groups is 1. The zero-order valence-corrected chi connectivity index (χ0v) is 20.7. The molecule has 0 bridgehead atoms. The summed E-state index contributed by atoms with van der Waals surface area (Å²) in [5.41, 5.74) is 1.62. The van der Waals surface area contributed by atoms with Crippen LogP contribution in [0.2, 0.25) is 5.02 Å². The van der Waals surface area contributed by atoms with E-state index in [1.165, 1.54) is 24.1 Å².